The van der Waals surface area contributed by atoms with Gasteiger partial charge in [-0.15, -0.1) is 10.2 Å². The molecule has 0 saturated carbocycles. The SMILES string of the molecule is CCOc1ccc(NCc2nnc(SCC(N)=O)n2-c2cccc(Cl)c2)cc1. The molecule has 1 amide bonds. The Morgan fingerprint density at radius 3 is 2.71 bits per heavy atom. The first kappa shape index (κ1) is 20.0. The molecule has 9 heteroatoms. The fourth-order valence-electron chi connectivity index (χ4n) is 2.54. The number of primary amides is 1. The Hall–Kier alpha value is -2.71. The van der Waals surface area contributed by atoms with Crippen molar-refractivity contribution in [1.29, 1.82) is 0 Å². The lowest BCUT2D eigenvalue weighted by Gasteiger charge is -2.12. The van der Waals surface area contributed by atoms with Crippen LogP contribution in [0.25, 0.3) is 5.69 Å². The van der Waals surface area contributed by atoms with Gasteiger partial charge in [0.1, 0.15) is 5.75 Å². The summed E-state index contributed by atoms with van der Waals surface area (Å²) in [6.45, 7) is 3.01. The number of halogens is 1. The van der Waals surface area contributed by atoms with Crippen LogP contribution < -0.4 is 15.8 Å². The number of carbonyl (C=O) groups is 1. The smallest absolute Gasteiger partial charge is 0.227 e. The van der Waals surface area contributed by atoms with Gasteiger partial charge in [-0.1, -0.05) is 29.4 Å². The van der Waals surface area contributed by atoms with Crippen molar-refractivity contribution in [2.45, 2.75) is 18.6 Å². The Morgan fingerprint density at radius 2 is 2.04 bits per heavy atom. The average molecular weight is 418 g/mol. The molecule has 0 spiro atoms. The van der Waals surface area contributed by atoms with Crippen molar-refractivity contribution in [1.82, 2.24) is 14.8 Å². The Labute approximate surface area is 172 Å². The van der Waals surface area contributed by atoms with E-state index in [0.717, 1.165) is 17.1 Å². The lowest BCUT2D eigenvalue weighted by molar-refractivity contribution is -0.115. The molecule has 0 atom stereocenters. The molecule has 0 unspecified atom stereocenters. The van der Waals surface area contributed by atoms with Crippen molar-refractivity contribution in [2.75, 3.05) is 17.7 Å². The van der Waals surface area contributed by atoms with E-state index in [1.165, 1.54) is 11.8 Å². The summed E-state index contributed by atoms with van der Waals surface area (Å²) >= 11 is 7.38. The summed E-state index contributed by atoms with van der Waals surface area (Å²) in [5.41, 5.74) is 7.01. The van der Waals surface area contributed by atoms with Gasteiger partial charge in [0, 0.05) is 10.7 Å². The Balaban J connectivity index is 1.82. The minimum Gasteiger partial charge on any atom is -0.494 e. The van der Waals surface area contributed by atoms with E-state index in [1.54, 1.807) is 6.07 Å². The largest absolute Gasteiger partial charge is 0.494 e. The van der Waals surface area contributed by atoms with Gasteiger partial charge in [-0.3, -0.25) is 9.36 Å². The van der Waals surface area contributed by atoms with E-state index in [9.17, 15) is 4.79 Å². The van der Waals surface area contributed by atoms with Crippen LogP contribution in [0.3, 0.4) is 0 Å². The number of anilines is 1. The minimum atomic E-state index is -0.417. The third-order valence-electron chi connectivity index (χ3n) is 3.73. The summed E-state index contributed by atoms with van der Waals surface area (Å²) in [6.07, 6.45) is 0. The van der Waals surface area contributed by atoms with Crippen LogP contribution in [0.2, 0.25) is 5.02 Å². The maximum atomic E-state index is 11.2. The first-order valence-electron chi connectivity index (χ1n) is 8.65. The van der Waals surface area contributed by atoms with Gasteiger partial charge in [0.25, 0.3) is 0 Å². The molecule has 0 fully saturated rings. The van der Waals surface area contributed by atoms with Crippen LogP contribution in [0.1, 0.15) is 12.7 Å². The zero-order chi connectivity index (χ0) is 19.9. The first-order valence-corrected chi connectivity index (χ1v) is 10.0. The van der Waals surface area contributed by atoms with Crippen LogP contribution in [0.5, 0.6) is 5.75 Å². The van der Waals surface area contributed by atoms with Gasteiger partial charge in [-0.05, 0) is 49.4 Å². The number of rotatable bonds is 9. The fourth-order valence-corrected chi connectivity index (χ4v) is 3.43. The summed E-state index contributed by atoms with van der Waals surface area (Å²) < 4.78 is 7.32. The second-order valence-corrected chi connectivity index (χ2v) is 7.16. The highest BCUT2D eigenvalue weighted by atomic mass is 35.5. The molecule has 7 nitrogen and oxygen atoms in total. The van der Waals surface area contributed by atoms with Crippen molar-refractivity contribution < 1.29 is 9.53 Å². The molecule has 1 heterocycles. The molecule has 3 aromatic rings. The number of nitrogens with one attached hydrogen (secondary N) is 1. The lowest BCUT2D eigenvalue weighted by Crippen LogP contribution is -2.14. The van der Waals surface area contributed by atoms with E-state index in [1.807, 2.05) is 54.0 Å². The molecule has 0 aliphatic heterocycles. The number of ether oxygens (including phenoxy) is 1. The van der Waals surface area contributed by atoms with Gasteiger partial charge < -0.3 is 15.8 Å². The number of aromatic nitrogens is 3. The fraction of sp³-hybridized carbons (Fsp3) is 0.211. The van der Waals surface area contributed by atoms with E-state index in [-0.39, 0.29) is 5.75 Å². The predicted octanol–water partition coefficient (Wildman–Crippen LogP) is 3.51. The zero-order valence-corrected chi connectivity index (χ0v) is 16.8. The van der Waals surface area contributed by atoms with E-state index in [0.29, 0.717) is 29.2 Å². The van der Waals surface area contributed by atoms with Crippen molar-refractivity contribution >= 4 is 35.0 Å². The van der Waals surface area contributed by atoms with Crippen LogP contribution in [-0.4, -0.2) is 33.0 Å². The number of hydrogen-bond acceptors (Lipinski definition) is 6. The molecule has 0 aliphatic carbocycles. The Kier molecular flexibility index (Phi) is 6.78. The van der Waals surface area contributed by atoms with Crippen LogP contribution in [0.4, 0.5) is 5.69 Å². The number of amides is 1. The van der Waals surface area contributed by atoms with E-state index >= 15 is 0 Å². The minimum absolute atomic E-state index is 0.116. The molecule has 3 rings (SSSR count). The monoisotopic (exact) mass is 417 g/mol. The highest BCUT2D eigenvalue weighted by Crippen LogP contribution is 2.24. The molecule has 0 radical (unpaired) electrons. The topological polar surface area (TPSA) is 95.1 Å². The summed E-state index contributed by atoms with van der Waals surface area (Å²) in [4.78, 5) is 11.2. The van der Waals surface area contributed by atoms with Crippen LogP contribution >= 0.6 is 23.4 Å². The highest BCUT2D eigenvalue weighted by molar-refractivity contribution is 7.99. The molecule has 0 bridgehead atoms. The number of benzene rings is 2. The predicted molar refractivity (Wildman–Crippen MR) is 111 cm³/mol. The van der Waals surface area contributed by atoms with Gasteiger partial charge >= 0.3 is 0 Å². The van der Waals surface area contributed by atoms with Crippen molar-refractivity contribution in [2.24, 2.45) is 5.73 Å². The average Bonchev–Trinajstić information content (AvgIpc) is 3.09. The standard InChI is InChI=1S/C19H20ClN5O2S/c1-2-27-16-8-6-14(7-9-16)22-11-18-23-24-19(28-12-17(21)26)25(18)15-5-3-4-13(20)10-15/h3-10,22H,2,11-12H2,1H3,(H2,21,26). The van der Waals surface area contributed by atoms with Gasteiger partial charge in [0.2, 0.25) is 5.91 Å². The molecule has 28 heavy (non-hydrogen) atoms. The van der Waals surface area contributed by atoms with Crippen molar-refractivity contribution in [3.8, 4) is 11.4 Å². The quantitative estimate of drug-likeness (QED) is 0.517. The van der Waals surface area contributed by atoms with E-state index in [4.69, 9.17) is 22.1 Å². The molecular formula is C19H20ClN5O2S. The lowest BCUT2D eigenvalue weighted by atomic mass is 10.3. The zero-order valence-electron chi connectivity index (χ0n) is 15.3. The summed E-state index contributed by atoms with van der Waals surface area (Å²) in [7, 11) is 0. The molecule has 1 aromatic heterocycles. The highest BCUT2D eigenvalue weighted by Gasteiger charge is 2.15. The molecule has 0 saturated heterocycles. The van der Waals surface area contributed by atoms with Crippen molar-refractivity contribution in [3.63, 3.8) is 0 Å². The summed E-state index contributed by atoms with van der Waals surface area (Å²) in [5.74, 6) is 1.20. The summed E-state index contributed by atoms with van der Waals surface area (Å²) in [6, 6.07) is 15.1. The van der Waals surface area contributed by atoms with Gasteiger partial charge in [-0.2, -0.15) is 0 Å². The molecular weight excluding hydrogens is 398 g/mol. The molecule has 3 N–H and O–H groups in total. The first-order chi connectivity index (χ1) is 13.6. The third kappa shape index (κ3) is 5.17. The Bertz CT molecular complexity index is 946. The van der Waals surface area contributed by atoms with Crippen LogP contribution in [0, 0.1) is 0 Å². The van der Waals surface area contributed by atoms with Crippen LogP contribution in [-0.2, 0) is 11.3 Å². The second kappa shape index (κ2) is 9.48. The maximum absolute atomic E-state index is 11.2. The number of thioether (sulfide) groups is 1. The molecule has 146 valence electrons. The molecule has 0 aliphatic rings. The Morgan fingerprint density at radius 1 is 1.25 bits per heavy atom. The maximum Gasteiger partial charge on any atom is 0.227 e. The number of carbonyl (C=O) groups excluding carboxylic acids is 1. The second-order valence-electron chi connectivity index (χ2n) is 5.78. The van der Waals surface area contributed by atoms with Gasteiger partial charge in [0.05, 0.1) is 24.6 Å². The normalized spacial score (nSPS) is 10.6. The van der Waals surface area contributed by atoms with E-state index in [2.05, 4.69) is 15.5 Å². The van der Waals surface area contributed by atoms with Crippen molar-refractivity contribution in [3.05, 3.63) is 59.4 Å². The number of nitrogens with zero attached hydrogens (tertiary/aromatic N) is 3. The number of nitrogens with two attached hydrogens (primary N) is 1. The van der Waals surface area contributed by atoms with Crippen LogP contribution in [0.15, 0.2) is 53.7 Å². The van der Waals surface area contributed by atoms with Gasteiger partial charge in [-0.25, -0.2) is 0 Å². The third-order valence-corrected chi connectivity index (χ3v) is 4.91. The summed E-state index contributed by atoms with van der Waals surface area (Å²) in [5, 5.41) is 13.0. The van der Waals surface area contributed by atoms with E-state index < -0.39 is 5.91 Å². The number of hydrogen-bond donors (Lipinski definition) is 2. The molecule has 2 aromatic carbocycles. The van der Waals surface area contributed by atoms with Gasteiger partial charge in [0.15, 0.2) is 11.0 Å².